The Morgan fingerprint density at radius 2 is 2.18 bits per heavy atom. The molecule has 3 heteroatoms. The number of rotatable bonds is 4. The van der Waals surface area contributed by atoms with E-state index >= 15 is 0 Å². The van der Waals surface area contributed by atoms with Crippen molar-refractivity contribution in [2.45, 2.75) is 44.2 Å². The largest absolute Gasteiger partial charge is 0.378 e. The Morgan fingerprint density at radius 3 is 2.71 bits per heavy atom. The summed E-state index contributed by atoms with van der Waals surface area (Å²) >= 11 is 0. The minimum absolute atomic E-state index is 0.115. The average molecular weight is 237 g/mol. The van der Waals surface area contributed by atoms with Crippen molar-refractivity contribution in [3.63, 3.8) is 0 Å². The van der Waals surface area contributed by atoms with E-state index in [0.29, 0.717) is 12.0 Å². The predicted octanol–water partition coefficient (Wildman–Crippen LogP) is 3.09. The zero-order valence-corrected chi connectivity index (χ0v) is 10.5. The van der Waals surface area contributed by atoms with E-state index in [2.05, 4.69) is 0 Å². The van der Waals surface area contributed by atoms with Gasteiger partial charge in [-0.15, -0.1) is 0 Å². The highest BCUT2D eigenvalue weighted by atomic mass is 19.1. The lowest BCUT2D eigenvalue weighted by Gasteiger charge is -2.42. The van der Waals surface area contributed by atoms with Gasteiger partial charge in [-0.2, -0.15) is 0 Å². The molecule has 1 aromatic carbocycles. The van der Waals surface area contributed by atoms with Crippen LogP contribution in [0, 0.1) is 12.7 Å². The van der Waals surface area contributed by atoms with Crippen LogP contribution in [0.4, 0.5) is 4.39 Å². The lowest BCUT2D eigenvalue weighted by atomic mass is 9.75. The van der Waals surface area contributed by atoms with E-state index in [4.69, 9.17) is 10.5 Å². The molecule has 1 fully saturated rings. The summed E-state index contributed by atoms with van der Waals surface area (Å²) in [5.41, 5.74) is 7.64. The minimum atomic E-state index is -0.282. The average Bonchev–Trinajstić information content (AvgIpc) is 2.26. The normalized spacial score (nSPS) is 19.8. The fraction of sp³-hybridized carbons (Fsp3) is 0.571. The number of hydrogen-bond acceptors (Lipinski definition) is 2. The Bertz CT molecular complexity index is 396. The van der Waals surface area contributed by atoms with Crippen LogP contribution in [0.3, 0.4) is 0 Å². The van der Waals surface area contributed by atoms with Crippen molar-refractivity contribution in [1.82, 2.24) is 0 Å². The molecular weight excluding hydrogens is 217 g/mol. The van der Waals surface area contributed by atoms with Gasteiger partial charge >= 0.3 is 0 Å². The second kappa shape index (κ2) is 4.75. The maximum atomic E-state index is 13.7. The first-order valence-corrected chi connectivity index (χ1v) is 6.13. The molecule has 0 heterocycles. The molecule has 94 valence electrons. The molecule has 1 aliphatic rings. The molecule has 0 spiro atoms. The molecule has 2 rings (SSSR count). The molecule has 1 atom stereocenters. The molecule has 1 aliphatic carbocycles. The molecule has 1 unspecified atom stereocenters. The van der Waals surface area contributed by atoms with Crippen LogP contribution in [-0.2, 0) is 4.74 Å². The van der Waals surface area contributed by atoms with Gasteiger partial charge < -0.3 is 10.5 Å². The van der Waals surface area contributed by atoms with Crippen molar-refractivity contribution in [3.8, 4) is 0 Å². The van der Waals surface area contributed by atoms with E-state index in [-0.39, 0.29) is 17.5 Å². The summed E-state index contributed by atoms with van der Waals surface area (Å²) in [7, 11) is 1.72. The highest BCUT2D eigenvalue weighted by Gasteiger charge is 2.38. The van der Waals surface area contributed by atoms with Crippen LogP contribution in [0.1, 0.15) is 42.9 Å². The van der Waals surface area contributed by atoms with E-state index in [1.54, 1.807) is 13.2 Å². The molecule has 1 aromatic rings. The molecule has 1 saturated carbocycles. The van der Waals surface area contributed by atoms with Gasteiger partial charge in [0.15, 0.2) is 0 Å². The molecule has 17 heavy (non-hydrogen) atoms. The monoisotopic (exact) mass is 237 g/mol. The number of benzene rings is 1. The molecule has 0 aromatic heterocycles. The fourth-order valence-electron chi connectivity index (χ4n) is 2.52. The SMILES string of the molecule is COC1(CC(N)c2cc(C)ccc2F)CCC1. The highest BCUT2D eigenvalue weighted by Crippen LogP contribution is 2.41. The molecule has 0 bridgehead atoms. The lowest BCUT2D eigenvalue weighted by molar-refractivity contribution is -0.0818. The molecular formula is C14H20FNO. The number of halogens is 1. The van der Waals surface area contributed by atoms with Gasteiger partial charge in [0.1, 0.15) is 5.82 Å². The molecule has 0 amide bonds. The summed E-state index contributed by atoms with van der Waals surface area (Å²) in [4.78, 5) is 0. The summed E-state index contributed by atoms with van der Waals surface area (Å²) in [6.07, 6.45) is 3.94. The number of methoxy groups -OCH3 is 1. The van der Waals surface area contributed by atoms with Gasteiger partial charge in [-0.3, -0.25) is 0 Å². The maximum Gasteiger partial charge on any atom is 0.127 e. The van der Waals surface area contributed by atoms with E-state index in [1.165, 1.54) is 12.5 Å². The van der Waals surface area contributed by atoms with Crippen LogP contribution in [0.2, 0.25) is 0 Å². The van der Waals surface area contributed by atoms with E-state index < -0.39 is 0 Å². The summed E-state index contributed by atoms with van der Waals surface area (Å²) in [5, 5.41) is 0. The van der Waals surface area contributed by atoms with E-state index in [1.807, 2.05) is 13.0 Å². The predicted molar refractivity (Wildman–Crippen MR) is 66.3 cm³/mol. The topological polar surface area (TPSA) is 35.2 Å². The number of aryl methyl sites for hydroxylation is 1. The molecule has 0 aliphatic heterocycles. The number of nitrogens with two attached hydrogens (primary N) is 1. The zero-order valence-electron chi connectivity index (χ0n) is 10.5. The van der Waals surface area contributed by atoms with Crippen molar-refractivity contribution < 1.29 is 9.13 Å². The van der Waals surface area contributed by atoms with Gasteiger partial charge in [0.2, 0.25) is 0 Å². The van der Waals surface area contributed by atoms with Crippen LogP contribution in [0.25, 0.3) is 0 Å². The van der Waals surface area contributed by atoms with E-state index in [0.717, 1.165) is 18.4 Å². The summed E-state index contributed by atoms with van der Waals surface area (Å²) < 4.78 is 19.2. The maximum absolute atomic E-state index is 13.7. The van der Waals surface area contributed by atoms with Gasteiger partial charge in [-0.25, -0.2) is 4.39 Å². The molecule has 0 saturated heterocycles. The number of ether oxygens (including phenoxy) is 1. The first kappa shape index (κ1) is 12.5. The lowest BCUT2D eigenvalue weighted by Crippen LogP contribution is -2.42. The molecule has 2 nitrogen and oxygen atoms in total. The van der Waals surface area contributed by atoms with Gasteiger partial charge in [-0.1, -0.05) is 17.7 Å². The summed E-state index contributed by atoms with van der Waals surface area (Å²) in [6.45, 7) is 1.95. The van der Waals surface area contributed by atoms with E-state index in [9.17, 15) is 4.39 Å². The van der Waals surface area contributed by atoms with Crippen molar-refractivity contribution in [2.75, 3.05) is 7.11 Å². The Kier molecular flexibility index (Phi) is 3.50. The third-order valence-corrected chi connectivity index (χ3v) is 3.84. The second-order valence-electron chi connectivity index (χ2n) is 5.08. The summed E-state index contributed by atoms with van der Waals surface area (Å²) in [5.74, 6) is -0.214. The first-order valence-electron chi connectivity index (χ1n) is 6.13. The van der Waals surface area contributed by atoms with Crippen molar-refractivity contribution in [2.24, 2.45) is 5.73 Å². The summed E-state index contributed by atoms with van der Waals surface area (Å²) in [6, 6.07) is 4.81. The van der Waals surface area contributed by atoms with Crippen LogP contribution < -0.4 is 5.73 Å². The van der Waals surface area contributed by atoms with Crippen molar-refractivity contribution in [3.05, 3.63) is 35.1 Å². The Labute approximate surface area is 102 Å². The minimum Gasteiger partial charge on any atom is -0.378 e. The Balaban J connectivity index is 2.13. The van der Waals surface area contributed by atoms with Gasteiger partial charge in [0.25, 0.3) is 0 Å². The van der Waals surface area contributed by atoms with Crippen LogP contribution in [-0.4, -0.2) is 12.7 Å². The molecule has 0 radical (unpaired) electrons. The Hall–Kier alpha value is -0.930. The smallest absolute Gasteiger partial charge is 0.127 e. The van der Waals surface area contributed by atoms with Crippen LogP contribution in [0.5, 0.6) is 0 Å². The third-order valence-electron chi connectivity index (χ3n) is 3.84. The van der Waals surface area contributed by atoms with Crippen molar-refractivity contribution in [1.29, 1.82) is 0 Å². The zero-order chi connectivity index (χ0) is 12.5. The van der Waals surface area contributed by atoms with Crippen LogP contribution in [0.15, 0.2) is 18.2 Å². The quantitative estimate of drug-likeness (QED) is 0.873. The second-order valence-corrected chi connectivity index (χ2v) is 5.08. The first-order chi connectivity index (χ1) is 8.06. The van der Waals surface area contributed by atoms with Gasteiger partial charge in [0, 0.05) is 18.7 Å². The number of hydrogen-bond donors (Lipinski definition) is 1. The highest BCUT2D eigenvalue weighted by molar-refractivity contribution is 5.27. The van der Waals surface area contributed by atoms with Crippen LogP contribution >= 0.6 is 0 Å². The van der Waals surface area contributed by atoms with Gasteiger partial charge in [-0.05, 0) is 38.7 Å². The standard InChI is InChI=1S/C14H20FNO/c1-10-4-5-12(15)11(8-10)13(16)9-14(17-2)6-3-7-14/h4-5,8,13H,3,6-7,9,16H2,1-2H3. The Morgan fingerprint density at radius 1 is 1.47 bits per heavy atom. The fourth-order valence-corrected chi connectivity index (χ4v) is 2.52. The van der Waals surface area contributed by atoms with Crippen molar-refractivity contribution >= 4 is 0 Å². The van der Waals surface area contributed by atoms with Gasteiger partial charge in [0.05, 0.1) is 5.60 Å². The molecule has 2 N–H and O–H groups in total. The third kappa shape index (κ3) is 2.50.